The van der Waals surface area contributed by atoms with Gasteiger partial charge in [-0.05, 0) is 6.42 Å². The molecule has 0 unspecified atom stereocenters. The van der Waals surface area contributed by atoms with Gasteiger partial charge in [0.1, 0.15) is 17.5 Å². The van der Waals surface area contributed by atoms with Crippen LogP contribution in [0.4, 0.5) is 11.6 Å². The summed E-state index contributed by atoms with van der Waals surface area (Å²) in [5.41, 5.74) is -0.113. The molecule has 0 aromatic carbocycles. The Bertz CT molecular complexity index is 468. The van der Waals surface area contributed by atoms with Gasteiger partial charge in [-0.2, -0.15) is 0 Å². The number of aromatic nitrogens is 2. The first-order valence-electron chi connectivity index (χ1n) is 7.44. The Morgan fingerprint density at radius 2 is 1.67 bits per heavy atom. The van der Waals surface area contributed by atoms with Gasteiger partial charge in [0.05, 0.1) is 0 Å². The van der Waals surface area contributed by atoms with Crippen LogP contribution in [-0.2, 0) is 10.2 Å². The summed E-state index contributed by atoms with van der Waals surface area (Å²) in [5.74, 6) is 2.38. The van der Waals surface area contributed by atoms with Crippen molar-refractivity contribution in [2.45, 2.75) is 46.5 Å². The summed E-state index contributed by atoms with van der Waals surface area (Å²) in [5, 5.41) is 9.27. The van der Waals surface area contributed by atoms with Crippen LogP contribution in [0.1, 0.15) is 46.9 Å². The Labute approximate surface area is 127 Å². The standard InChI is InChI=1S/C15H27N5O/c1-6-7-17-12-10-13(18-9-8-16-11(2)21)20-14(19-12)15(3,4)5/h10H,6-9H2,1-5H3,(H,16,21)(H2,17,18,19,20). The van der Waals surface area contributed by atoms with Crippen LogP contribution in [0, 0.1) is 0 Å². The second kappa shape index (κ2) is 7.81. The fraction of sp³-hybridized carbons (Fsp3) is 0.667. The predicted octanol–water partition coefficient (Wildman–Crippen LogP) is 2.14. The topological polar surface area (TPSA) is 78.9 Å². The van der Waals surface area contributed by atoms with Gasteiger partial charge in [-0.1, -0.05) is 27.7 Å². The molecule has 0 aliphatic heterocycles. The summed E-state index contributed by atoms with van der Waals surface area (Å²) >= 11 is 0. The highest BCUT2D eigenvalue weighted by Gasteiger charge is 2.19. The van der Waals surface area contributed by atoms with Crippen molar-refractivity contribution in [2.24, 2.45) is 0 Å². The molecule has 0 spiro atoms. The number of carbonyl (C=O) groups excluding carboxylic acids is 1. The second-order valence-corrected chi connectivity index (χ2v) is 6.05. The fourth-order valence-electron chi connectivity index (χ4n) is 1.65. The Morgan fingerprint density at radius 3 is 2.14 bits per heavy atom. The molecule has 1 amide bonds. The molecule has 1 rings (SSSR count). The molecule has 3 N–H and O–H groups in total. The Hall–Kier alpha value is -1.85. The molecule has 6 heteroatoms. The number of hydrogen-bond donors (Lipinski definition) is 3. The van der Waals surface area contributed by atoms with Crippen LogP contribution in [0.15, 0.2) is 6.07 Å². The molecule has 21 heavy (non-hydrogen) atoms. The number of nitrogens with one attached hydrogen (secondary N) is 3. The van der Waals surface area contributed by atoms with Crippen molar-refractivity contribution in [3.8, 4) is 0 Å². The lowest BCUT2D eigenvalue weighted by Gasteiger charge is -2.19. The number of carbonyl (C=O) groups is 1. The SMILES string of the molecule is CCCNc1cc(NCCNC(C)=O)nc(C(C)(C)C)n1. The van der Waals surface area contributed by atoms with Gasteiger partial charge < -0.3 is 16.0 Å². The first-order valence-corrected chi connectivity index (χ1v) is 7.44. The van der Waals surface area contributed by atoms with E-state index in [2.05, 4.69) is 53.6 Å². The lowest BCUT2D eigenvalue weighted by molar-refractivity contribution is -0.118. The Balaban J connectivity index is 2.78. The summed E-state index contributed by atoms with van der Waals surface area (Å²) in [6.07, 6.45) is 1.04. The van der Waals surface area contributed by atoms with Crippen LogP contribution in [0.3, 0.4) is 0 Å². The van der Waals surface area contributed by atoms with E-state index in [9.17, 15) is 4.79 Å². The molecule has 6 nitrogen and oxygen atoms in total. The molecular weight excluding hydrogens is 266 g/mol. The van der Waals surface area contributed by atoms with Gasteiger partial charge in [0.15, 0.2) is 0 Å². The maximum absolute atomic E-state index is 10.8. The highest BCUT2D eigenvalue weighted by Crippen LogP contribution is 2.22. The summed E-state index contributed by atoms with van der Waals surface area (Å²) in [7, 11) is 0. The van der Waals surface area contributed by atoms with Crippen molar-refractivity contribution in [1.29, 1.82) is 0 Å². The first kappa shape index (κ1) is 17.2. The van der Waals surface area contributed by atoms with Crippen LogP contribution in [0.2, 0.25) is 0 Å². The molecule has 1 aromatic heterocycles. The number of hydrogen-bond acceptors (Lipinski definition) is 5. The predicted molar refractivity (Wildman–Crippen MR) is 86.7 cm³/mol. The van der Waals surface area contributed by atoms with E-state index in [1.807, 2.05) is 6.07 Å². The Kier molecular flexibility index (Phi) is 6.39. The molecule has 1 heterocycles. The van der Waals surface area contributed by atoms with Crippen LogP contribution in [0.25, 0.3) is 0 Å². The number of rotatable bonds is 7. The lowest BCUT2D eigenvalue weighted by Crippen LogP contribution is -2.27. The smallest absolute Gasteiger partial charge is 0.216 e. The summed E-state index contributed by atoms with van der Waals surface area (Å²) < 4.78 is 0. The highest BCUT2D eigenvalue weighted by atomic mass is 16.1. The van der Waals surface area contributed by atoms with E-state index < -0.39 is 0 Å². The van der Waals surface area contributed by atoms with E-state index in [1.54, 1.807) is 0 Å². The quantitative estimate of drug-likeness (QED) is 0.671. The van der Waals surface area contributed by atoms with Crippen molar-refractivity contribution >= 4 is 17.5 Å². The van der Waals surface area contributed by atoms with Crippen molar-refractivity contribution in [3.05, 3.63) is 11.9 Å². The third kappa shape index (κ3) is 6.42. The third-order valence-electron chi connectivity index (χ3n) is 2.76. The van der Waals surface area contributed by atoms with Crippen LogP contribution >= 0.6 is 0 Å². The van der Waals surface area contributed by atoms with Crippen LogP contribution in [0.5, 0.6) is 0 Å². The maximum atomic E-state index is 10.8. The zero-order chi connectivity index (χ0) is 15.9. The summed E-state index contributed by atoms with van der Waals surface area (Å²) in [4.78, 5) is 20.0. The third-order valence-corrected chi connectivity index (χ3v) is 2.76. The van der Waals surface area contributed by atoms with Crippen LogP contribution < -0.4 is 16.0 Å². The average molecular weight is 293 g/mol. The minimum Gasteiger partial charge on any atom is -0.370 e. The van der Waals surface area contributed by atoms with Crippen LogP contribution in [-0.4, -0.2) is 35.5 Å². The van der Waals surface area contributed by atoms with Gasteiger partial charge in [0.2, 0.25) is 5.91 Å². The van der Waals surface area contributed by atoms with Gasteiger partial charge in [-0.25, -0.2) is 9.97 Å². The van der Waals surface area contributed by atoms with Gasteiger partial charge >= 0.3 is 0 Å². The highest BCUT2D eigenvalue weighted by molar-refractivity contribution is 5.72. The second-order valence-electron chi connectivity index (χ2n) is 6.05. The molecule has 0 bridgehead atoms. The summed E-state index contributed by atoms with van der Waals surface area (Å²) in [6, 6.07) is 1.90. The minimum atomic E-state index is -0.113. The first-order chi connectivity index (χ1) is 9.82. The molecule has 0 saturated carbocycles. The molecule has 0 atom stereocenters. The zero-order valence-electron chi connectivity index (χ0n) is 13.7. The maximum Gasteiger partial charge on any atom is 0.216 e. The van der Waals surface area contributed by atoms with Crippen molar-refractivity contribution in [1.82, 2.24) is 15.3 Å². The normalized spacial score (nSPS) is 11.1. The van der Waals surface area contributed by atoms with Crippen molar-refractivity contribution in [3.63, 3.8) is 0 Å². The van der Waals surface area contributed by atoms with E-state index in [4.69, 9.17) is 0 Å². The average Bonchev–Trinajstić information content (AvgIpc) is 2.40. The van der Waals surface area contributed by atoms with E-state index >= 15 is 0 Å². The summed E-state index contributed by atoms with van der Waals surface area (Å²) in [6.45, 7) is 12.0. The minimum absolute atomic E-state index is 0.0276. The van der Waals surface area contributed by atoms with E-state index in [-0.39, 0.29) is 11.3 Å². The fourth-order valence-corrected chi connectivity index (χ4v) is 1.65. The number of amides is 1. The molecule has 0 radical (unpaired) electrons. The van der Waals surface area contributed by atoms with E-state index in [1.165, 1.54) is 6.92 Å². The largest absolute Gasteiger partial charge is 0.370 e. The molecule has 1 aromatic rings. The van der Waals surface area contributed by atoms with Gasteiger partial charge in [0.25, 0.3) is 0 Å². The molecule has 0 aliphatic rings. The van der Waals surface area contributed by atoms with Gasteiger partial charge in [-0.3, -0.25) is 4.79 Å². The number of nitrogens with zero attached hydrogens (tertiary/aromatic N) is 2. The van der Waals surface area contributed by atoms with Gasteiger partial charge in [-0.15, -0.1) is 0 Å². The monoisotopic (exact) mass is 293 g/mol. The van der Waals surface area contributed by atoms with Crippen molar-refractivity contribution < 1.29 is 4.79 Å². The van der Waals surface area contributed by atoms with Gasteiger partial charge in [0, 0.05) is 38.0 Å². The molecule has 0 aliphatic carbocycles. The van der Waals surface area contributed by atoms with E-state index in [0.717, 1.165) is 30.4 Å². The number of anilines is 2. The molecule has 0 saturated heterocycles. The zero-order valence-corrected chi connectivity index (χ0v) is 13.7. The molecule has 0 fully saturated rings. The Morgan fingerprint density at radius 1 is 1.10 bits per heavy atom. The lowest BCUT2D eigenvalue weighted by atomic mass is 9.96. The molecular formula is C15H27N5O. The molecule has 118 valence electrons. The van der Waals surface area contributed by atoms with Crippen molar-refractivity contribution in [2.75, 3.05) is 30.3 Å². The van der Waals surface area contributed by atoms with E-state index in [0.29, 0.717) is 13.1 Å².